The van der Waals surface area contributed by atoms with Gasteiger partial charge in [0, 0.05) is 34.5 Å². The Kier molecular flexibility index (Phi) is 8.03. The molecule has 3 heterocycles. The van der Waals surface area contributed by atoms with Crippen molar-refractivity contribution in [2.75, 3.05) is 41.7 Å². The number of aromatic nitrogens is 1. The van der Waals surface area contributed by atoms with Gasteiger partial charge in [-0.05, 0) is 60.7 Å². The summed E-state index contributed by atoms with van der Waals surface area (Å²) < 4.78 is 42.9. The largest absolute Gasteiger partial charge is 0.493 e. The first-order valence-corrected chi connectivity index (χ1v) is 14.9. The van der Waals surface area contributed by atoms with E-state index in [1.54, 1.807) is 34.5 Å². The molecule has 1 aliphatic rings. The second-order valence-corrected chi connectivity index (χ2v) is 10.7. The molecule has 0 atom stereocenters. The third kappa shape index (κ3) is 4.76. The van der Waals surface area contributed by atoms with E-state index in [-0.39, 0.29) is 0 Å². The summed E-state index contributed by atoms with van der Waals surface area (Å²) in [6, 6.07) is 13.5. The molecule has 1 aliphatic heterocycles. The maximum Gasteiger partial charge on any atom is 0.361 e. The summed E-state index contributed by atoms with van der Waals surface area (Å²) in [5.41, 5.74) is 5.16. The Hall–Kier alpha value is -4.79. The van der Waals surface area contributed by atoms with Gasteiger partial charge in [0.2, 0.25) is 0 Å². The summed E-state index contributed by atoms with van der Waals surface area (Å²) in [7, 11) is 6.49. The van der Waals surface area contributed by atoms with E-state index in [1.165, 1.54) is 0 Å². The SMILES string of the molecule is CCCOc1cc(-c2c3n(c4c(=O)oc5cc(OCCC)c(OC)cc5c24)CCc2cc(OC)c(OC)cc2-3)ccc1OC. The smallest absolute Gasteiger partial charge is 0.361 e. The molecule has 0 N–H and O–H groups in total. The number of fused-ring (bicyclic) bond motifs is 7. The van der Waals surface area contributed by atoms with E-state index < -0.39 is 5.63 Å². The third-order valence-electron chi connectivity index (χ3n) is 8.04. The average molecular weight is 600 g/mol. The van der Waals surface area contributed by atoms with E-state index >= 15 is 0 Å². The van der Waals surface area contributed by atoms with Gasteiger partial charge < -0.3 is 37.4 Å². The quantitative estimate of drug-likeness (QED) is 0.147. The maximum absolute atomic E-state index is 13.9. The molecule has 6 rings (SSSR count). The molecule has 0 amide bonds. The Morgan fingerprint density at radius 3 is 2.05 bits per heavy atom. The molecule has 0 saturated heterocycles. The number of hydrogen-bond acceptors (Lipinski definition) is 8. The van der Waals surface area contributed by atoms with Crippen LogP contribution in [-0.4, -0.2) is 46.2 Å². The van der Waals surface area contributed by atoms with Crippen molar-refractivity contribution >= 4 is 21.9 Å². The lowest BCUT2D eigenvalue weighted by Gasteiger charge is -2.23. The van der Waals surface area contributed by atoms with Crippen LogP contribution in [0.25, 0.3) is 44.3 Å². The van der Waals surface area contributed by atoms with E-state index in [2.05, 4.69) is 11.5 Å². The second-order valence-electron chi connectivity index (χ2n) is 10.7. The topological polar surface area (TPSA) is 90.5 Å². The van der Waals surface area contributed by atoms with Gasteiger partial charge in [-0.15, -0.1) is 0 Å². The van der Waals surface area contributed by atoms with Crippen LogP contribution in [0.5, 0.6) is 34.5 Å². The Bertz CT molecular complexity index is 1920. The van der Waals surface area contributed by atoms with Crippen LogP contribution in [0.15, 0.2) is 51.7 Å². The first-order chi connectivity index (χ1) is 21.5. The summed E-state index contributed by atoms with van der Waals surface area (Å²) in [6.45, 7) is 5.72. The first-order valence-electron chi connectivity index (χ1n) is 14.9. The molecular weight excluding hydrogens is 562 g/mol. The van der Waals surface area contributed by atoms with Gasteiger partial charge in [-0.25, -0.2) is 4.79 Å². The number of aryl methyl sites for hydroxylation is 2. The molecule has 0 bridgehead atoms. The normalized spacial score (nSPS) is 12.1. The zero-order chi connectivity index (χ0) is 31.0. The van der Waals surface area contributed by atoms with Gasteiger partial charge in [0.05, 0.1) is 47.3 Å². The molecular formula is C35H37NO8. The maximum atomic E-state index is 13.9. The first kappa shape index (κ1) is 29.3. The molecule has 0 unspecified atom stereocenters. The monoisotopic (exact) mass is 599 g/mol. The Labute approximate surface area is 255 Å². The predicted molar refractivity (Wildman–Crippen MR) is 170 cm³/mol. The van der Waals surface area contributed by atoms with E-state index in [0.717, 1.165) is 51.6 Å². The second kappa shape index (κ2) is 12.1. The van der Waals surface area contributed by atoms with Gasteiger partial charge in [0.15, 0.2) is 34.5 Å². The van der Waals surface area contributed by atoms with Crippen LogP contribution in [0.2, 0.25) is 0 Å². The highest BCUT2D eigenvalue weighted by atomic mass is 16.5. The van der Waals surface area contributed by atoms with Crippen molar-refractivity contribution in [1.29, 1.82) is 0 Å². The van der Waals surface area contributed by atoms with E-state index in [9.17, 15) is 4.79 Å². The van der Waals surface area contributed by atoms with E-state index in [4.69, 9.17) is 32.8 Å². The highest BCUT2D eigenvalue weighted by Crippen LogP contribution is 2.50. The van der Waals surface area contributed by atoms with Gasteiger partial charge in [-0.3, -0.25) is 0 Å². The number of nitrogens with zero attached hydrogens (tertiary/aromatic N) is 1. The van der Waals surface area contributed by atoms with Gasteiger partial charge in [-0.2, -0.15) is 0 Å². The molecule has 0 radical (unpaired) electrons. The summed E-state index contributed by atoms with van der Waals surface area (Å²) in [4.78, 5) is 13.9. The van der Waals surface area contributed by atoms with Crippen molar-refractivity contribution in [2.24, 2.45) is 0 Å². The molecule has 230 valence electrons. The molecule has 0 aliphatic carbocycles. The van der Waals surface area contributed by atoms with Gasteiger partial charge >= 0.3 is 5.63 Å². The van der Waals surface area contributed by atoms with Crippen molar-refractivity contribution < 1.29 is 32.8 Å². The average Bonchev–Trinajstić information content (AvgIpc) is 3.41. The van der Waals surface area contributed by atoms with Crippen molar-refractivity contribution in [1.82, 2.24) is 4.57 Å². The summed E-state index contributed by atoms with van der Waals surface area (Å²) in [5.74, 6) is 3.61. The fraction of sp³-hybridized carbons (Fsp3) is 0.343. The van der Waals surface area contributed by atoms with Crippen molar-refractivity contribution in [3.8, 4) is 56.9 Å². The molecule has 9 nitrogen and oxygen atoms in total. The van der Waals surface area contributed by atoms with Crippen LogP contribution in [0.1, 0.15) is 32.3 Å². The van der Waals surface area contributed by atoms with Crippen LogP contribution >= 0.6 is 0 Å². The minimum atomic E-state index is -0.425. The summed E-state index contributed by atoms with van der Waals surface area (Å²) in [5, 5.41) is 1.51. The molecule has 0 saturated carbocycles. The number of ether oxygens (including phenoxy) is 6. The van der Waals surface area contributed by atoms with Gasteiger partial charge in [0.1, 0.15) is 11.1 Å². The molecule has 0 spiro atoms. The lowest BCUT2D eigenvalue weighted by atomic mass is 9.91. The zero-order valence-electron chi connectivity index (χ0n) is 26.0. The lowest BCUT2D eigenvalue weighted by Crippen LogP contribution is -2.15. The van der Waals surface area contributed by atoms with E-state index in [0.29, 0.717) is 71.8 Å². The van der Waals surface area contributed by atoms with Gasteiger partial charge in [-0.1, -0.05) is 19.9 Å². The van der Waals surface area contributed by atoms with Crippen LogP contribution in [-0.2, 0) is 13.0 Å². The summed E-state index contributed by atoms with van der Waals surface area (Å²) >= 11 is 0. The highest BCUT2D eigenvalue weighted by molar-refractivity contribution is 6.17. The number of methoxy groups -OCH3 is 4. The Morgan fingerprint density at radius 2 is 1.39 bits per heavy atom. The Balaban J connectivity index is 1.76. The fourth-order valence-corrected chi connectivity index (χ4v) is 6.07. The zero-order valence-corrected chi connectivity index (χ0v) is 26.0. The fourth-order valence-electron chi connectivity index (χ4n) is 6.07. The molecule has 5 aromatic rings. The highest BCUT2D eigenvalue weighted by Gasteiger charge is 2.31. The standard InChI is InChI=1S/C35H37NO8/c1-7-13-42-29-16-21(9-10-24(29)38-3)31-32-23-18-28(41-6)30(43-14-8-2)19-25(23)44-35(37)34(32)36-12-11-20-15-26(39-4)27(40-5)17-22(20)33(31)36/h9-10,15-19H,7-8,11-14H2,1-6H3. The third-order valence-corrected chi connectivity index (χ3v) is 8.04. The van der Waals surface area contributed by atoms with E-state index in [1.807, 2.05) is 43.3 Å². The molecule has 9 heteroatoms. The number of benzene rings is 3. The Morgan fingerprint density at radius 1 is 0.750 bits per heavy atom. The lowest BCUT2D eigenvalue weighted by molar-refractivity contribution is 0.294. The van der Waals surface area contributed by atoms with Crippen molar-refractivity contribution in [2.45, 2.75) is 39.7 Å². The summed E-state index contributed by atoms with van der Waals surface area (Å²) in [6.07, 6.45) is 2.37. The number of rotatable bonds is 11. The molecule has 2 aromatic heterocycles. The van der Waals surface area contributed by atoms with Gasteiger partial charge in [0.25, 0.3) is 0 Å². The van der Waals surface area contributed by atoms with Crippen molar-refractivity contribution in [3.05, 3.63) is 58.4 Å². The number of hydrogen-bond donors (Lipinski definition) is 0. The van der Waals surface area contributed by atoms with Crippen LogP contribution < -0.4 is 34.0 Å². The van der Waals surface area contributed by atoms with Crippen LogP contribution in [0, 0.1) is 0 Å². The van der Waals surface area contributed by atoms with Crippen LogP contribution in [0.3, 0.4) is 0 Å². The van der Waals surface area contributed by atoms with Crippen molar-refractivity contribution in [3.63, 3.8) is 0 Å². The molecule has 44 heavy (non-hydrogen) atoms. The minimum absolute atomic E-state index is 0.419. The molecule has 0 fully saturated rings. The van der Waals surface area contributed by atoms with Crippen LogP contribution in [0.4, 0.5) is 0 Å². The predicted octanol–water partition coefficient (Wildman–Crippen LogP) is 7.25. The minimum Gasteiger partial charge on any atom is -0.493 e. The molecule has 3 aromatic carbocycles.